The summed E-state index contributed by atoms with van der Waals surface area (Å²) < 4.78 is 5.33. The fraction of sp³-hybridized carbons (Fsp3) is 0.263. The number of anilines is 1. The van der Waals surface area contributed by atoms with E-state index in [1.165, 1.54) is 20.1 Å². The molecule has 6 heteroatoms. The van der Waals surface area contributed by atoms with Crippen LogP contribution in [0.2, 0.25) is 5.02 Å². The third-order valence-corrected chi connectivity index (χ3v) is 4.03. The average molecular weight is 361 g/mol. The van der Waals surface area contributed by atoms with Crippen LogP contribution in [0.15, 0.2) is 42.5 Å². The Morgan fingerprint density at radius 2 is 1.88 bits per heavy atom. The highest BCUT2D eigenvalue weighted by atomic mass is 35.5. The molecule has 132 valence electrons. The maximum Gasteiger partial charge on any atom is 0.257 e. The first kappa shape index (κ1) is 18.8. The van der Waals surface area contributed by atoms with Gasteiger partial charge in [0.25, 0.3) is 5.91 Å². The molecule has 0 saturated carbocycles. The SMILES string of the molecule is CCN(Cc1ccccc1)C(=O)c1cc(Cl)c(NC(C)=O)cc1OC. The smallest absolute Gasteiger partial charge is 0.257 e. The van der Waals surface area contributed by atoms with Crippen LogP contribution < -0.4 is 10.1 Å². The van der Waals surface area contributed by atoms with Crippen molar-refractivity contribution in [1.82, 2.24) is 4.90 Å². The van der Waals surface area contributed by atoms with Crippen molar-refractivity contribution < 1.29 is 14.3 Å². The third kappa shape index (κ3) is 4.73. The summed E-state index contributed by atoms with van der Waals surface area (Å²) in [5, 5.41) is 2.91. The Hall–Kier alpha value is -2.53. The first-order valence-corrected chi connectivity index (χ1v) is 8.32. The zero-order valence-electron chi connectivity index (χ0n) is 14.5. The maximum atomic E-state index is 12.9. The molecule has 0 aliphatic heterocycles. The number of carbonyl (C=O) groups is 2. The van der Waals surface area contributed by atoms with E-state index in [4.69, 9.17) is 16.3 Å². The van der Waals surface area contributed by atoms with Crippen LogP contribution in [-0.4, -0.2) is 30.4 Å². The molecule has 0 aromatic heterocycles. The van der Waals surface area contributed by atoms with Crippen molar-refractivity contribution in [2.75, 3.05) is 19.0 Å². The van der Waals surface area contributed by atoms with Crippen LogP contribution in [0.4, 0.5) is 5.69 Å². The number of nitrogens with one attached hydrogen (secondary N) is 1. The van der Waals surface area contributed by atoms with Gasteiger partial charge in [-0.1, -0.05) is 41.9 Å². The minimum atomic E-state index is -0.248. The molecule has 0 saturated heterocycles. The molecule has 0 atom stereocenters. The summed E-state index contributed by atoms with van der Waals surface area (Å²) in [4.78, 5) is 25.9. The standard InChI is InChI=1S/C19H21ClN2O3/c1-4-22(12-14-8-6-5-7-9-14)19(24)15-10-16(20)17(21-13(2)23)11-18(15)25-3/h5-11H,4,12H2,1-3H3,(H,21,23). The first-order valence-electron chi connectivity index (χ1n) is 7.94. The van der Waals surface area contributed by atoms with E-state index >= 15 is 0 Å². The number of amides is 2. The van der Waals surface area contributed by atoms with Crippen LogP contribution in [0, 0.1) is 0 Å². The average Bonchev–Trinajstić information content (AvgIpc) is 2.61. The van der Waals surface area contributed by atoms with Gasteiger partial charge in [0.2, 0.25) is 5.91 Å². The molecule has 0 aliphatic rings. The van der Waals surface area contributed by atoms with E-state index in [-0.39, 0.29) is 16.8 Å². The normalized spacial score (nSPS) is 10.2. The van der Waals surface area contributed by atoms with Crippen LogP contribution in [0.25, 0.3) is 0 Å². The number of ether oxygens (including phenoxy) is 1. The largest absolute Gasteiger partial charge is 0.496 e. The number of benzene rings is 2. The summed E-state index contributed by atoms with van der Waals surface area (Å²) in [6, 6.07) is 12.8. The van der Waals surface area contributed by atoms with Gasteiger partial charge in [0.05, 0.1) is 23.4 Å². The molecule has 2 aromatic rings. The molecule has 0 bridgehead atoms. The van der Waals surface area contributed by atoms with Gasteiger partial charge in [-0.15, -0.1) is 0 Å². The number of hydrogen-bond donors (Lipinski definition) is 1. The molecular formula is C19H21ClN2O3. The second kappa shape index (κ2) is 8.53. The van der Waals surface area contributed by atoms with Crippen molar-refractivity contribution in [2.45, 2.75) is 20.4 Å². The van der Waals surface area contributed by atoms with Gasteiger partial charge in [0, 0.05) is 26.1 Å². The molecule has 0 spiro atoms. The minimum Gasteiger partial charge on any atom is -0.496 e. The molecule has 0 unspecified atom stereocenters. The number of methoxy groups -OCH3 is 1. The Morgan fingerprint density at radius 1 is 1.20 bits per heavy atom. The van der Waals surface area contributed by atoms with Crippen molar-refractivity contribution in [2.24, 2.45) is 0 Å². The molecule has 25 heavy (non-hydrogen) atoms. The van der Waals surface area contributed by atoms with Gasteiger partial charge < -0.3 is 15.0 Å². The summed E-state index contributed by atoms with van der Waals surface area (Å²) in [5.74, 6) is -0.0635. The van der Waals surface area contributed by atoms with Crippen molar-refractivity contribution in [3.63, 3.8) is 0 Å². The second-order valence-corrected chi connectivity index (χ2v) is 5.93. The van der Waals surface area contributed by atoms with E-state index in [0.29, 0.717) is 30.1 Å². The van der Waals surface area contributed by atoms with Crippen LogP contribution >= 0.6 is 11.6 Å². The monoisotopic (exact) mass is 360 g/mol. The lowest BCUT2D eigenvalue weighted by Crippen LogP contribution is -2.30. The van der Waals surface area contributed by atoms with Crippen LogP contribution in [0.1, 0.15) is 29.8 Å². The lowest BCUT2D eigenvalue weighted by Gasteiger charge is -2.23. The maximum absolute atomic E-state index is 12.9. The van der Waals surface area contributed by atoms with E-state index in [9.17, 15) is 9.59 Å². The molecule has 2 aromatic carbocycles. The van der Waals surface area contributed by atoms with Crippen LogP contribution in [0.5, 0.6) is 5.75 Å². The molecule has 0 heterocycles. The van der Waals surface area contributed by atoms with Gasteiger partial charge >= 0.3 is 0 Å². The van der Waals surface area contributed by atoms with Gasteiger partial charge in [0.1, 0.15) is 5.75 Å². The highest BCUT2D eigenvalue weighted by molar-refractivity contribution is 6.34. The third-order valence-electron chi connectivity index (χ3n) is 3.72. The Balaban J connectivity index is 2.33. The van der Waals surface area contributed by atoms with Crippen molar-refractivity contribution in [3.05, 3.63) is 58.6 Å². The van der Waals surface area contributed by atoms with E-state index in [0.717, 1.165) is 5.56 Å². The van der Waals surface area contributed by atoms with Crippen LogP contribution in [-0.2, 0) is 11.3 Å². The molecule has 2 amide bonds. The molecule has 2 rings (SSSR count). The van der Waals surface area contributed by atoms with E-state index in [2.05, 4.69) is 5.32 Å². The fourth-order valence-corrected chi connectivity index (χ4v) is 2.69. The zero-order valence-corrected chi connectivity index (χ0v) is 15.3. The van der Waals surface area contributed by atoms with Crippen molar-refractivity contribution in [3.8, 4) is 5.75 Å². The fourth-order valence-electron chi connectivity index (χ4n) is 2.48. The van der Waals surface area contributed by atoms with Gasteiger partial charge in [-0.3, -0.25) is 9.59 Å². The number of hydrogen-bond acceptors (Lipinski definition) is 3. The lowest BCUT2D eigenvalue weighted by molar-refractivity contribution is -0.114. The van der Waals surface area contributed by atoms with Crippen molar-refractivity contribution >= 4 is 29.1 Å². The number of rotatable bonds is 6. The Labute approximate surface area is 152 Å². The summed E-state index contributed by atoms with van der Waals surface area (Å²) in [5.41, 5.74) is 1.81. The topological polar surface area (TPSA) is 58.6 Å². The number of carbonyl (C=O) groups excluding carboxylic acids is 2. The minimum absolute atomic E-state index is 0.181. The Bertz CT molecular complexity index is 763. The number of halogens is 1. The molecule has 0 fully saturated rings. The van der Waals surface area contributed by atoms with Crippen molar-refractivity contribution in [1.29, 1.82) is 0 Å². The molecule has 0 radical (unpaired) electrons. The molecule has 5 nitrogen and oxygen atoms in total. The second-order valence-electron chi connectivity index (χ2n) is 5.52. The van der Waals surface area contributed by atoms with Gasteiger partial charge in [-0.25, -0.2) is 0 Å². The summed E-state index contributed by atoms with van der Waals surface area (Å²) in [6.45, 7) is 4.34. The highest BCUT2D eigenvalue weighted by Gasteiger charge is 2.21. The zero-order chi connectivity index (χ0) is 18.4. The Kier molecular flexibility index (Phi) is 6.42. The Morgan fingerprint density at radius 3 is 2.44 bits per heavy atom. The quantitative estimate of drug-likeness (QED) is 0.848. The lowest BCUT2D eigenvalue weighted by atomic mass is 10.1. The molecular weight excluding hydrogens is 340 g/mol. The highest BCUT2D eigenvalue weighted by Crippen LogP contribution is 2.32. The van der Waals surface area contributed by atoms with Gasteiger partial charge in [-0.05, 0) is 18.6 Å². The van der Waals surface area contributed by atoms with E-state index < -0.39 is 0 Å². The first-order chi connectivity index (χ1) is 12.0. The number of nitrogens with zero attached hydrogens (tertiary/aromatic N) is 1. The van der Waals surface area contributed by atoms with E-state index in [1.807, 2.05) is 37.3 Å². The van der Waals surface area contributed by atoms with Crippen LogP contribution in [0.3, 0.4) is 0 Å². The summed E-state index contributed by atoms with van der Waals surface area (Å²) in [6.07, 6.45) is 0. The summed E-state index contributed by atoms with van der Waals surface area (Å²) >= 11 is 6.21. The molecule has 1 N–H and O–H groups in total. The molecule has 0 aliphatic carbocycles. The van der Waals surface area contributed by atoms with Gasteiger partial charge in [-0.2, -0.15) is 0 Å². The predicted octanol–water partition coefficient (Wildman–Crippen LogP) is 3.97. The van der Waals surface area contributed by atoms with E-state index in [1.54, 1.807) is 11.0 Å². The predicted molar refractivity (Wildman–Crippen MR) is 99.2 cm³/mol. The summed E-state index contributed by atoms with van der Waals surface area (Å²) in [7, 11) is 1.48. The van der Waals surface area contributed by atoms with Gasteiger partial charge in [0.15, 0.2) is 0 Å².